The van der Waals surface area contributed by atoms with Crippen LogP contribution in [0.5, 0.6) is 5.75 Å². The van der Waals surface area contributed by atoms with Crippen LogP contribution < -0.4 is 10.1 Å². The maximum absolute atomic E-state index is 13.2. The molecule has 0 saturated carbocycles. The van der Waals surface area contributed by atoms with Crippen molar-refractivity contribution in [1.29, 1.82) is 0 Å². The third-order valence-electron chi connectivity index (χ3n) is 4.76. The van der Waals surface area contributed by atoms with Crippen molar-refractivity contribution < 1.29 is 17.9 Å². The molecule has 1 amide bonds. The van der Waals surface area contributed by atoms with E-state index in [1.54, 1.807) is 12.1 Å². The molecule has 1 atom stereocenters. The van der Waals surface area contributed by atoms with Crippen molar-refractivity contribution in [3.05, 3.63) is 23.8 Å². The highest BCUT2D eigenvalue weighted by Crippen LogP contribution is 2.31. The number of sulfonamides is 1. The third kappa shape index (κ3) is 4.76. The Bertz CT molecular complexity index is 731. The Morgan fingerprint density at radius 2 is 2.08 bits per heavy atom. The van der Waals surface area contributed by atoms with Crippen LogP contribution in [-0.2, 0) is 10.0 Å². The zero-order valence-electron chi connectivity index (χ0n) is 16.1. The lowest BCUT2D eigenvalue weighted by Crippen LogP contribution is -2.42. The Hall–Kier alpha value is -1.60. The highest BCUT2D eigenvalue weighted by Gasteiger charge is 2.33. The molecule has 1 heterocycles. The van der Waals surface area contributed by atoms with Crippen LogP contribution in [0.15, 0.2) is 23.1 Å². The van der Waals surface area contributed by atoms with E-state index in [9.17, 15) is 13.2 Å². The minimum absolute atomic E-state index is 0.0537. The summed E-state index contributed by atoms with van der Waals surface area (Å²) in [7, 11) is -2.27. The molecule has 146 valence electrons. The molecule has 0 spiro atoms. The summed E-state index contributed by atoms with van der Waals surface area (Å²) in [5.41, 5.74) is 0.331. The summed E-state index contributed by atoms with van der Waals surface area (Å²) >= 11 is 0. The number of amides is 1. The van der Waals surface area contributed by atoms with Crippen molar-refractivity contribution in [3.63, 3.8) is 0 Å². The van der Waals surface area contributed by atoms with Gasteiger partial charge < -0.3 is 10.1 Å². The summed E-state index contributed by atoms with van der Waals surface area (Å²) in [6.45, 7) is 7.16. The van der Waals surface area contributed by atoms with Crippen LogP contribution in [0.1, 0.15) is 56.8 Å². The van der Waals surface area contributed by atoms with Crippen molar-refractivity contribution in [1.82, 2.24) is 9.62 Å². The van der Waals surface area contributed by atoms with Gasteiger partial charge in [-0.05, 0) is 50.3 Å². The number of carbonyl (C=O) groups excluding carboxylic acids is 1. The summed E-state index contributed by atoms with van der Waals surface area (Å²) in [6, 6.07) is 4.53. The predicted octanol–water partition coefficient (Wildman–Crippen LogP) is 3.03. The van der Waals surface area contributed by atoms with Gasteiger partial charge in [0.15, 0.2) is 0 Å². The fraction of sp³-hybridized carbons (Fsp3) is 0.632. The second-order valence-corrected chi connectivity index (χ2v) is 9.12. The molecule has 2 rings (SSSR count). The molecular formula is C19H30N2O4S. The number of benzene rings is 1. The third-order valence-corrected chi connectivity index (χ3v) is 6.80. The van der Waals surface area contributed by atoms with Crippen LogP contribution in [-0.4, -0.2) is 44.9 Å². The number of hydrogen-bond donors (Lipinski definition) is 1. The number of nitrogens with one attached hydrogen (secondary N) is 1. The van der Waals surface area contributed by atoms with Gasteiger partial charge >= 0.3 is 0 Å². The monoisotopic (exact) mass is 382 g/mol. The number of ether oxygens (including phenoxy) is 1. The van der Waals surface area contributed by atoms with Crippen molar-refractivity contribution in [2.45, 2.75) is 57.4 Å². The molecule has 0 aliphatic carbocycles. The molecule has 1 aromatic carbocycles. The molecule has 1 N–H and O–H groups in total. The first kappa shape index (κ1) is 20.7. The van der Waals surface area contributed by atoms with Crippen molar-refractivity contribution >= 4 is 15.9 Å². The highest BCUT2D eigenvalue weighted by atomic mass is 32.2. The summed E-state index contributed by atoms with van der Waals surface area (Å²) in [5.74, 6) is 0.487. The zero-order chi connectivity index (χ0) is 19.3. The maximum Gasteiger partial charge on any atom is 0.251 e. The Morgan fingerprint density at radius 1 is 1.35 bits per heavy atom. The van der Waals surface area contributed by atoms with Gasteiger partial charge in [-0.1, -0.05) is 20.3 Å². The van der Waals surface area contributed by atoms with E-state index >= 15 is 0 Å². The van der Waals surface area contributed by atoms with Crippen LogP contribution in [0, 0.1) is 5.92 Å². The van der Waals surface area contributed by atoms with Gasteiger partial charge in [0, 0.05) is 24.7 Å². The standard InChI is InChI=1S/C19H30N2O4S/c1-14(2)10-11-20-19(22)16-8-9-17(25-4)18(13-16)26(23,24)21-12-6-5-7-15(21)3/h8-9,13-15H,5-7,10-12H2,1-4H3,(H,20,22). The summed E-state index contributed by atoms with van der Waals surface area (Å²) in [4.78, 5) is 12.4. The van der Waals surface area contributed by atoms with Crippen LogP contribution in [0.25, 0.3) is 0 Å². The first-order valence-electron chi connectivity index (χ1n) is 9.25. The van der Waals surface area contributed by atoms with Gasteiger partial charge in [0.2, 0.25) is 10.0 Å². The highest BCUT2D eigenvalue weighted by molar-refractivity contribution is 7.89. The Kier molecular flexibility index (Phi) is 7.06. The normalized spacial score (nSPS) is 18.7. The van der Waals surface area contributed by atoms with Crippen molar-refractivity contribution in [3.8, 4) is 5.75 Å². The summed E-state index contributed by atoms with van der Waals surface area (Å²) < 4.78 is 33.1. The van der Waals surface area contributed by atoms with E-state index in [1.165, 1.54) is 17.5 Å². The smallest absolute Gasteiger partial charge is 0.251 e. The summed E-state index contributed by atoms with van der Waals surface area (Å²) in [6.07, 6.45) is 3.60. The molecule has 6 nitrogen and oxygen atoms in total. The molecule has 1 aromatic rings. The first-order valence-corrected chi connectivity index (χ1v) is 10.7. The minimum atomic E-state index is -3.72. The largest absolute Gasteiger partial charge is 0.495 e. The lowest BCUT2D eigenvalue weighted by Gasteiger charge is -2.32. The van der Waals surface area contributed by atoms with Crippen LogP contribution >= 0.6 is 0 Å². The second kappa shape index (κ2) is 8.86. The summed E-state index contributed by atoms with van der Waals surface area (Å²) in [5, 5.41) is 2.85. The number of piperidine rings is 1. The first-order chi connectivity index (χ1) is 12.3. The maximum atomic E-state index is 13.2. The SMILES string of the molecule is COc1ccc(C(=O)NCCC(C)C)cc1S(=O)(=O)N1CCCCC1C. The second-order valence-electron chi connectivity index (χ2n) is 7.26. The molecule has 0 aromatic heterocycles. The van der Waals surface area contributed by atoms with Gasteiger partial charge in [0.1, 0.15) is 10.6 Å². The number of hydrogen-bond acceptors (Lipinski definition) is 4. The van der Waals surface area contributed by atoms with Gasteiger partial charge in [-0.15, -0.1) is 0 Å². The number of carbonyl (C=O) groups is 1. The van der Waals surface area contributed by atoms with E-state index in [1.807, 2.05) is 6.92 Å². The molecule has 26 heavy (non-hydrogen) atoms. The molecule has 1 aliphatic rings. The van der Waals surface area contributed by atoms with E-state index in [4.69, 9.17) is 4.74 Å². The van der Waals surface area contributed by atoms with E-state index in [0.29, 0.717) is 24.6 Å². The number of rotatable bonds is 7. The average Bonchev–Trinajstić information content (AvgIpc) is 2.61. The van der Waals surface area contributed by atoms with Gasteiger partial charge in [-0.2, -0.15) is 4.31 Å². The molecule has 1 unspecified atom stereocenters. The number of nitrogens with zero attached hydrogens (tertiary/aromatic N) is 1. The molecule has 1 saturated heterocycles. The van der Waals surface area contributed by atoms with Crippen LogP contribution in [0.3, 0.4) is 0 Å². The Labute approximate surface area is 157 Å². The lowest BCUT2D eigenvalue weighted by molar-refractivity contribution is 0.0951. The minimum Gasteiger partial charge on any atom is -0.495 e. The van der Waals surface area contributed by atoms with Gasteiger partial charge in [-0.25, -0.2) is 8.42 Å². The molecule has 7 heteroatoms. The van der Waals surface area contributed by atoms with Crippen LogP contribution in [0.2, 0.25) is 0 Å². The van der Waals surface area contributed by atoms with E-state index in [-0.39, 0.29) is 22.6 Å². The average molecular weight is 383 g/mol. The molecule has 1 fully saturated rings. The quantitative estimate of drug-likeness (QED) is 0.786. The number of methoxy groups -OCH3 is 1. The van der Waals surface area contributed by atoms with Gasteiger partial charge in [-0.3, -0.25) is 4.79 Å². The van der Waals surface area contributed by atoms with Crippen molar-refractivity contribution in [2.24, 2.45) is 5.92 Å². The molecular weight excluding hydrogens is 352 g/mol. The zero-order valence-corrected chi connectivity index (χ0v) is 16.9. The lowest BCUT2D eigenvalue weighted by atomic mass is 10.1. The van der Waals surface area contributed by atoms with Crippen molar-refractivity contribution in [2.75, 3.05) is 20.2 Å². The van der Waals surface area contributed by atoms with Gasteiger partial charge in [0.05, 0.1) is 7.11 Å². The van der Waals surface area contributed by atoms with E-state index < -0.39 is 10.0 Å². The molecule has 0 radical (unpaired) electrons. The molecule has 1 aliphatic heterocycles. The Morgan fingerprint density at radius 3 is 2.69 bits per heavy atom. The van der Waals surface area contributed by atoms with Crippen LogP contribution in [0.4, 0.5) is 0 Å². The molecule has 0 bridgehead atoms. The van der Waals surface area contributed by atoms with E-state index in [2.05, 4.69) is 19.2 Å². The fourth-order valence-electron chi connectivity index (χ4n) is 3.15. The Balaban J connectivity index is 2.30. The predicted molar refractivity (Wildman–Crippen MR) is 102 cm³/mol. The fourth-order valence-corrected chi connectivity index (χ4v) is 5.03. The van der Waals surface area contributed by atoms with E-state index in [0.717, 1.165) is 25.7 Å². The topological polar surface area (TPSA) is 75.7 Å². The van der Waals surface area contributed by atoms with Gasteiger partial charge in [0.25, 0.3) is 5.91 Å².